The normalized spacial score (nSPS) is 11.4. The van der Waals surface area contributed by atoms with Crippen LogP contribution in [0.3, 0.4) is 0 Å². The zero-order chi connectivity index (χ0) is 17.8. The average Bonchev–Trinajstić information content (AvgIpc) is 3.03. The highest BCUT2D eigenvalue weighted by Crippen LogP contribution is 2.29. The molecule has 0 spiro atoms. The van der Waals surface area contributed by atoms with Crippen LogP contribution in [0, 0.1) is 18.3 Å². The third-order valence-corrected chi connectivity index (χ3v) is 3.81. The van der Waals surface area contributed by atoms with Gasteiger partial charge < -0.3 is 14.5 Å². The fourth-order valence-corrected chi connectivity index (χ4v) is 2.62. The number of benzene rings is 2. The molecule has 0 amide bonds. The summed E-state index contributed by atoms with van der Waals surface area (Å²) in [5.74, 6) is 1.87. The number of hydrogen-bond acceptors (Lipinski definition) is 4. The summed E-state index contributed by atoms with van der Waals surface area (Å²) in [6, 6.07) is 13.7. The Morgan fingerprint density at radius 3 is 2.80 bits per heavy atom. The quantitative estimate of drug-likeness (QED) is 0.705. The van der Waals surface area contributed by atoms with Crippen LogP contribution < -0.4 is 9.47 Å². The lowest BCUT2D eigenvalue weighted by Crippen LogP contribution is -1.95. The van der Waals surface area contributed by atoms with Crippen molar-refractivity contribution in [2.24, 2.45) is 0 Å². The van der Waals surface area contributed by atoms with Gasteiger partial charge in [0.2, 0.25) is 0 Å². The number of imidazole rings is 1. The number of aryl methyl sites for hydroxylation is 1. The molecule has 0 radical (unpaired) electrons. The number of allylic oxidation sites excluding steroid dienone is 1. The molecule has 0 aliphatic rings. The van der Waals surface area contributed by atoms with Crippen molar-refractivity contribution in [1.29, 1.82) is 5.26 Å². The zero-order valence-electron chi connectivity index (χ0n) is 14.5. The van der Waals surface area contributed by atoms with Crippen LogP contribution in [0.25, 0.3) is 22.7 Å². The predicted octanol–water partition coefficient (Wildman–Crippen LogP) is 4.34. The summed E-state index contributed by atoms with van der Waals surface area (Å²) in [5.41, 5.74) is 4.20. The van der Waals surface area contributed by atoms with E-state index in [1.54, 1.807) is 13.2 Å². The maximum absolute atomic E-state index is 9.56. The minimum absolute atomic E-state index is 0.460. The number of aromatic nitrogens is 2. The van der Waals surface area contributed by atoms with E-state index in [1.807, 2.05) is 50.2 Å². The number of methoxy groups -OCH3 is 1. The Bertz CT molecular complexity index is 980. The molecule has 1 N–H and O–H groups in total. The summed E-state index contributed by atoms with van der Waals surface area (Å²) in [6.07, 6.45) is 1.78. The van der Waals surface area contributed by atoms with E-state index in [-0.39, 0.29) is 0 Å². The second kappa shape index (κ2) is 7.10. The molecule has 0 unspecified atom stereocenters. The van der Waals surface area contributed by atoms with E-state index >= 15 is 0 Å². The third kappa shape index (κ3) is 3.48. The van der Waals surface area contributed by atoms with Crippen molar-refractivity contribution in [3.63, 3.8) is 0 Å². The highest BCUT2D eigenvalue weighted by molar-refractivity contribution is 5.90. The van der Waals surface area contributed by atoms with E-state index in [9.17, 15) is 5.26 Å². The molecule has 2 aromatic carbocycles. The van der Waals surface area contributed by atoms with Gasteiger partial charge in [-0.05, 0) is 55.3 Å². The van der Waals surface area contributed by atoms with Gasteiger partial charge in [0.25, 0.3) is 0 Å². The van der Waals surface area contributed by atoms with Crippen LogP contribution in [-0.4, -0.2) is 23.7 Å². The molecule has 5 heteroatoms. The number of fused-ring (bicyclic) bond motifs is 1. The fraction of sp³-hybridized carbons (Fsp3) is 0.200. The molecule has 1 heterocycles. The summed E-state index contributed by atoms with van der Waals surface area (Å²) in [5, 5.41) is 9.56. The molecule has 25 heavy (non-hydrogen) atoms. The standard InChI is InChI=1S/C20H19N3O2/c1-4-25-19-11-14(6-8-18(19)24-3)10-15(12-21)20-22-16-7-5-13(2)9-17(16)23-20/h5-11H,4H2,1-3H3,(H,22,23). The van der Waals surface area contributed by atoms with E-state index in [1.165, 1.54) is 0 Å². The predicted molar refractivity (Wildman–Crippen MR) is 98.5 cm³/mol. The third-order valence-electron chi connectivity index (χ3n) is 3.81. The maximum Gasteiger partial charge on any atom is 0.161 e. The molecule has 0 aliphatic carbocycles. The van der Waals surface area contributed by atoms with Gasteiger partial charge in [0.15, 0.2) is 11.5 Å². The van der Waals surface area contributed by atoms with Gasteiger partial charge in [0.1, 0.15) is 11.9 Å². The molecule has 5 nitrogen and oxygen atoms in total. The summed E-state index contributed by atoms with van der Waals surface area (Å²) in [7, 11) is 1.60. The SMILES string of the molecule is CCOc1cc(C=C(C#N)c2nc3ccc(C)cc3[nH]2)ccc1OC. The molecule has 0 saturated carbocycles. The Morgan fingerprint density at radius 2 is 2.08 bits per heavy atom. The highest BCUT2D eigenvalue weighted by atomic mass is 16.5. The van der Waals surface area contributed by atoms with Crippen LogP contribution in [0.4, 0.5) is 0 Å². The summed E-state index contributed by atoms with van der Waals surface area (Å²) < 4.78 is 10.9. The Hall–Kier alpha value is -3.26. The first-order valence-corrected chi connectivity index (χ1v) is 8.04. The Labute approximate surface area is 146 Å². The molecule has 0 aliphatic heterocycles. The van der Waals surface area contributed by atoms with Crippen molar-refractivity contribution in [2.45, 2.75) is 13.8 Å². The van der Waals surface area contributed by atoms with E-state index in [0.29, 0.717) is 29.5 Å². The fourth-order valence-electron chi connectivity index (χ4n) is 2.62. The van der Waals surface area contributed by atoms with Crippen LogP contribution in [0.5, 0.6) is 11.5 Å². The summed E-state index contributed by atoms with van der Waals surface area (Å²) >= 11 is 0. The molecular weight excluding hydrogens is 314 g/mol. The van der Waals surface area contributed by atoms with Crippen LogP contribution in [0.15, 0.2) is 36.4 Å². The van der Waals surface area contributed by atoms with Crippen molar-refractivity contribution in [3.05, 3.63) is 53.3 Å². The van der Waals surface area contributed by atoms with Crippen molar-refractivity contribution in [3.8, 4) is 17.6 Å². The summed E-state index contributed by atoms with van der Waals surface area (Å²) in [4.78, 5) is 7.72. The monoisotopic (exact) mass is 333 g/mol. The van der Waals surface area contributed by atoms with Gasteiger partial charge in [-0.3, -0.25) is 0 Å². The second-order valence-electron chi connectivity index (χ2n) is 5.62. The largest absolute Gasteiger partial charge is 0.493 e. The number of ether oxygens (including phenoxy) is 2. The van der Waals surface area contributed by atoms with Gasteiger partial charge in [0.05, 0.1) is 30.3 Å². The average molecular weight is 333 g/mol. The number of nitrogens with one attached hydrogen (secondary N) is 1. The van der Waals surface area contributed by atoms with E-state index in [2.05, 4.69) is 16.0 Å². The molecule has 0 bridgehead atoms. The van der Waals surface area contributed by atoms with Crippen molar-refractivity contribution >= 4 is 22.7 Å². The van der Waals surface area contributed by atoms with Gasteiger partial charge in [-0.2, -0.15) is 5.26 Å². The Balaban J connectivity index is 2.02. The number of aromatic amines is 1. The first kappa shape index (κ1) is 16.6. The first-order chi connectivity index (χ1) is 12.1. The van der Waals surface area contributed by atoms with Gasteiger partial charge in [-0.1, -0.05) is 12.1 Å². The first-order valence-electron chi connectivity index (χ1n) is 8.04. The van der Waals surface area contributed by atoms with E-state index in [4.69, 9.17) is 9.47 Å². The smallest absolute Gasteiger partial charge is 0.161 e. The van der Waals surface area contributed by atoms with Crippen LogP contribution in [-0.2, 0) is 0 Å². The molecule has 126 valence electrons. The molecular formula is C20H19N3O2. The number of nitriles is 1. The number of rotatable bonds is 5. The topological polar surface area (TPSA) is 70.9 Å². The molecule has 0 fully saturated rings. The van der Waals surface area contributed by atoms with Gasteiger partial charge >= 0.3 is 0 Å². The molecule has 1 aromatic heterocycles. The molecule has 0 atom stereocenters. The van der Waals surface area contributed by atoms with Gasteiger partial charge in [-0.15, -0.1) is 0 Å². The van der Waals surface area contributed by atoms with Crippen LogP contribution in [0.2, 0.25) is 0 Å². The summed E-state index contributed by atoms with van der Waals surface area (Å²) in [6.45, 7) is 4.48. The second-order valence-corrected chi connectivity index (χ2v) is 5.62. The van der Waals surface area contributed by atoms with Crippen molar-refractivity contribution in [2.75, 3.05) is 13.7 Å². The van der Waals surface area contributed by atoms with Crippen LogP contribution in [0.1, 0.15) is 23.9 Å². The van der Waals surface area contributed by atoms with Crippen LogP contribution >= 0.6 is 0 Å². The zero-order valence-corrected chi connectivity index (χ0v) is 14.5. The Morgan fingerprint density at radius 1 is 1.24 bits per heavy atom. The lowest BCUT2D eigenvalue weighted by atomic mass is 10.1. The van der Waals surface area contributed by atoms with E-state index < -0.39 is 0 Å². The number of hydrogen-bond donors (Lipinski definition) is 1. The maximum atomic E-state index is 9.56. The van der Waals surface area contributed by atoms with E-state index in [0.717, 1.165) is 22.2 Å². The highest BCUT2D eigenvalue weighted by Gasteiger charge is 2.10. The lowest BCUT2D eigenvalue weighted by Gasteiger charge is -2.09. The number of nitrogens with zero attached hydrogens (tertiary/aromatic N) is 2. The lowest BCUT2D eigenvalue weighted by molar-refractivity contribution is 0.311. The van der Waals surface area contributed by atoms with Crippen molar-refractivity contribution < 1.29 is 9.47 Å². The van der Waals surface area contributed by atoms with Crippen molar-refractivity contribution in [1.82, 2.24) is 9.97 Å². The molecule has 3 aromatic rings. The molecule has 3 rings (SSSR count). The van der Waals surface area contributed by atoms with Gasteiger partial charge in [0, 0.05) is 0 Å². The minimum Gasteiger partial charge on any atom is -0.493 e. The minimum atomic E-state index is 0.460. The molecule has 0 saturated heterocycles. The number of H-pyrrole nitrogens is 1. The Kier molecular flexibility index (Phi) is 4.71. The van der Waals surface area contributed by atoms with Gasteiger partial charge in [-0.25, -0.2) is 4.98 Å².